The average molecular weight is 283 g/mol. The molecule has 1 heterocycles. The molecule has 0 aliphatic heterocycles. The normalized spacial score (nSPS) is 11.1. The highest BCUT2D eigenvalue weighted by molar-refractivity contribution is 5.53. The first kappa shape index (κ1) is 15.9. The van der Waals surface area contributed by atoms with E-state index in [-0.39, 0.29) is 28.8 Å². The van der Waals surface area contributed by atoms with Gasteiger partial charge in [-0.1, -0.05) is 20.8 Å². The molecule has 0 amide bonds. The zero-order valence-electron chi connectivity index (χ0n) is 12.3. The highest BCUT2D eigenvalue weighted by atomic mass is 16.6. The summed E-state index contributed by atoms with van der Waals surface area (Å²) in [4.78, 5) is 18.2. The third-order valence-electron chi connectivity index (χ3n) is 2.36. The number of nitrogens with zero attached hydrogens (tertiary/aromatic N) is 3. The number of hydrogen-bond donors (Lipinski definition) is 1. The van der Waals surface area contributed by atoms with Gasteiger partial charge in [-0.2, -0.15) is 9.97 Å². The van der Waals surface area contributed by atoms with E-state index in [4.69, 9.17) is 9.47 Å². The Bertz CT molecular complexity index is 460. The van der Waals surface area contributed by atoms with E-state index in [1.165, 1.54) is 14.2 Å². The third kappa shape index (κ3) is 4.22. The molecule has 0 atom stereocenters. The lowest BCUT2D eigenvalue weighted by atomic mass is 9.92. The van der Waals surface area contributed by atoms with Gasteiger partial charge in [-0.3, -0.25) is 10.1 Å². The Kier molecular flexibility index (Phi) is 5.06. The summed E-state index contributed by atoms with van der Waals surface area (Å²) >= 11 is 0. The number of nitro groups is 1. The lowest BCUT2D eigenvalue weighted by Crippen LogP contribution is -2.15. The summed E-state index contributed by atoms with van der Waals surface area (Å²) in [6.45, 7) is 6.71. The first-order valence-corrected chi connectivity index (χ1v) is 6.01. The third-order valence-corrected chi connectivity index (χ3v) is 2.36. The molecule has 0 aromatic carbocycles. The molecule has 8 heteroatoms. The smallest absolute Gasteiger partial charge is 0.392 e. The van der Waals surface area contributed by atoms with Gasteiger partial charge in [0.1, 0.15) is 0 Å². The minimum Gasteiger partial charge on any atom is -0.476 e. The number of aromatic nitrogens is 2. The van der Waals surface area contributed by atoms with E-state index in [2.05, 4.69) is 36.1 Å². The van der Waals surface area contributed by atoms with Crippen LogP contribution in [0.2, 0.25) is 0 Å². The van der Waals surface area contributed by atoms with E-state index >= 15 is 0 Å². The zero-order valence-corrected chi connectivity index (χ0v) is 12.3. The van der Waals surface area contributed by atoms with E-state index in [9.17, 15) is 10.1 Å². The maximum absolute atomic E-state index is 11.0. The van der Waals surface area contributed by atoms with Crippen LogP contribution in [0.1, 0.15) is 20.8 Å². The van der Waals surface area contributed by atoms with Crippen LogP contribution < -0.4 is 14.8 Å². The quantitative estimate of drug-likeness (QED) is 0.630. The number of methoxy groups -OCH3 is 2. The summed E-state index contributed by atoms with van der Waals surface area (Å²) < 4.78 is 9.83. The Morgan fingerprint density at radius 3 is 2.10 bits per heavy atom. The van der Waals surface area contributed by atoms with Crippen LogP contribution in [0.5, 0.6) is 11.8 Å². The topological polar surface area (TPSA) is 99.4 Å². The van der Waals surface area contributed by atoms with Gasteiger partial charge in [0.15, 0.2) is 0 Å². The second-order valence-electron chi connectivity index (χ2n) is 5.12. The van der Waals surface area contributed by atoms with Crippen molar-refractivity contribution >= 4 is 11.6 Å². The van der Waals surface area contributed by atoms with Crippen LogP contribution >= 0.6 is 0 Å². The second kappa shape index (κ2) is 6.36. The molecular weight excluding hydrogens is 264 g/mol. The number of rotatable bonds is 6. The maximum Gasteiger partial charge on any atom is 0.392 e. The van der Waals surface area contributed by atoms with Gasteiger partial charge < -0.3 is 14.8 Å². The van der Waals surface area contributed by atoms with Crippen LogP contribution in [-0.4, -0.2) is 35.7 Å². The van der Waals surface area contributed by atoms with E-state index < -0.39 is 4.92 Å². The van der Waals surface area contributed by atoms with Crippen molar-refractivity contribution in [2.24, 2.45) is 5.41 Å². The van der Waals surface area contributed by atoms with E-state index in [1.807, 2.05) is 6.42 Å². The molecule has 0 saturated heterocycles. The van der Waals surface area contributed by atoms with Crippen LogP contribution in [0.4, 0.5) is 11.6 Å². The Morgan fingerprint density at radius 1 is 1.25 bits per heavy atom. The second-order valence-corrected chi connectivity index (χ2v) is 5.12. The number of hydrogen-bond acceptors (Lipinski definition) is 7. The van der Waals surface area contributed by atoms with Gasteiger partial charge in [-0.15, -0.1) is 0 Å². The Labute approximate surface area is 117 Å². The fourth-order valence-corrected chi connectivity index (χ4v) is 1.38. The molecule has 1 N–H and O–H groups in total. The molecule has 0 aliphatic carbocycles. The molecule has 20 heavy (non-hydrogen) atoms. The van der Waals surface area contributed by atoms with E-state index in [0.717, 1.165) is 0 Å². The average Bonchev–Trinajstić information content (AvgIpc) is 2.35. The zero-order chi connectivity index (χ0) is 15.3. The highest BCUT2D eigenvalue weighted by Crippen LogP contribution is 2.34. The molecule has 0 fully saturated rings. The monoisotopic (exact) mass is 283 g/mol. The van der Waals surface area contributed by atoms with Crippen molar-refractivity contribution in [1.29, 1.82) is 0 Å². The molecule has 8 nitrogen and oxygen atoms in total. The SMILES string of the molecule is COc1nc(NC[CH]C(C)(C)C)nc(OC)c1[N+](=O)[O-]. The van der Waals surface area contributed by atoms with Gasteiger partial charge >= 0.3 is 17.4 Å². The van der Waals surface area contributed by atoms with Crippen LogP contribution in [0, 0.1) is 22.0 Å². The number of anilines is 1. The molecule has 1 radical (unpaired) electrons. The Balaban J connectivity index is 2.97. The fourth-order valence-electron chi connectivity index (χ4n) is 1.38. The Hall–Kier alpha value is -2.12. The van der Waals surface area contributed by atoms with Gasteiger partial charge in [0, 0.05) is 6.54 Å². The van der Waals surface area contributed by atoms with Crippen molar-refractivity contribution in [3.63, 3.8) is 0 Å². The molecule has 1 rings (SSSR count). The molecular formula is C12H19N4O4. The molecule has 1 aromatic rings. The van der Waals surface area contributed by atoms with Crippen molar-refractivity contribution in [3.05, 3.63) is 16.5 Å². The van der Waals surface area contributed by atoms with Crippen molar-refractivity contribution in [1.82, 2.24) is 9.97 Å². The van der Waals surface area contributed by atoms with Crippen LogP contribution in [-0.2, 0) is 0 Å². The summed E-state index contributed by atoms with van der Waals surface area (Å²) in [5, 5.41) is 13.9. The maximum atomic E-state index is 11.0. The van der Waals surface area contributed by atoms with Gasteiger partial charge in [-0.25, -0.2) is 0 Å². The van der Waals surface area contributed by atoms with Crippen molar-refractivity contribution in [2.75, 3.05) is 26.1 Å². The van der Waals surface area contributed by atoms with Gasteiger partial charge in [0.2, 0.25) is 5.95 Å². The van der Waals surface area contributed by atoms with Crippen molar-refractivity contribution in [2.45, 2.75) is 20.8 Å². The minimum absolute atomic E-state index is 0.0436. The summed E-state index contributed by atoms with van der Waals surface area (Å²) in [7, 11) is 2.61. The van der Waals surface area contributed by atoms with Gasteiger partial charge in [0.25, 0.3) is 0 Å². The predicted molar refractivity (Wildman–Crippen MR) is 74.0 cm³/mol. The standard InChI is InChI=1S/C12H19N4O4/c1-12(2,3)6-7-13-11-14-9(19-4)8(16(17)18)10(15-11)20-5/h6H,7H2,1-5H3,(H,13,14,15). The lowest BCUT2D eigenvalue weighted by molar-refractivity contribution is -0.387. The summed E-state index contributed by atoms with van der Waals surface area (Å²) in [6, 6.07) is 0. The minimum atomic E-state index is -0.636. The Morgan fingerprint density at radius 2 is 1.75 bits per heavy atom. The molecule has 0 bridgehead atoms. The lowest BCUT2D eigenvalue weighted by Gasteiger charge is -2.17. The largest absolute Gasteiger partial charge is 0.476 e. The van der Waals surface area contributed by atoms with Crippen LogP contribution in [0.25, 0.3) is 0 Å². The molecule has 0 unspecified atom stereocenters. The van der Waals surface area contributed by atoms with E-state index in [0.29, 0.717) is 6.54 Å². The van der Waals surface area contributed by atoms with Crippen molar-refractivity contribution < 1.29 is 14.4 Å². The highest BCUT2D eigenvalue weighted by Gasteiger charge is 2.27. The molecule has 0 saturated carbocycles. The first-order chi connectivity index (χ1) is 9.28. The fraction of sp³-hybridized carbons (Fsp3) is 0.583. The van der Waals surface area contributed by atoms with Gasteiger partial charge in [0.05, 0.1) is 19.1 Å². The number of nitrogens with one attached hydrogen (secondary N) is 1. The van der Waals surface area contributed by atoms with Crippen molar-refractivity contribution in [3.8, 4) is 11.8 Å². The van der Waals surface area contributed by atoms with Gasteiger partial charge in [-0.05, 0) is 11.8 Å². The predicted octanol–water partition coefficient (Wildman–Crippen LogP) is 2.06. The van der Waals surface area contributed by atoms with E-state index in [1.54, 1.807) is 0 Å². The number of ether oxygens (including phenoxy) is 2. The summed E-state index contributed by atoms with van der Waals surface area (Å²) in [6.07, 6.45) is 2.04. The van der Waals surface area contributed by atoms with Crippen LogP contribution in [0.3, 0.4) is 0 Å². The molecule has 0 spiro atoms. The first-order valence-electron chi connectivity index (χ1n) is 6.01. The molecule has 111 valence electrons. The molecule has 1 aromatic heterocycles. The van der Waals surface area contributed by atoms with Crippen LogP contribution in [0.15, 0.2) is 0 Å². The summed E-state index contributed by atoms with van der Waals surface area (Å²) in [5.41, 5.74) is -0.345. The molecule has 0 aliphatic rings. The summed E-state index contributed by atoms with van der Waals surface area (Å²) in [5.74, 6) is -0.0648.